The maximum Gasteiger partial charge on any atom is 0.407 e. The van der Waals surface area contributed by atoms with Crippen LogP contribution in [0, 0.1) is 11.8 Å². The average molecular weight is 725 g/mol. The minimum Gasteiger partial charge on any atom is -0.453 e. The number of hydrogen-bond donors (Lipinski definition) is 6. The van der Waals surface area contributed by atoms with E-state index in [9.17, 15) is 19.2 Å². The molecule has 4 atom stereocenters. The summed E-state index contributed by atoms with van der Waals surface area (Å²) in [4.78, 5) is 64.4. The number of hydrogen-bond acceptors (Lipinski definition) is 11. The SMILES string of the molecule is COC(=O)N[C@H](C(=O)CN[C@H](C)c1ncc(C2OCC(c3ccc(-c4cnc([C@H](C)CNC(=O)[C@@H](NC(=O)OC)C(C)C)[nH]4)cc3)CO2)[nH]1)C(C)C. The molecule has 1 aliphatic rings. The van der Waals surface area contributed by atoms with Crippen molar-refractivity contribution in [2.24, 2.45) is 11.8 Å². The molecule has 0 radical (unpaired) electrons. The summed E-state index contributed by atoms with van der Waals surface area (Å²) < 4.78 is 21.4. The van der Waals surface area contributed by atoms with Crippen molar-refractivity contribution in [1.82, 2.24) is 41.2 Å². The Morgan fingerprint density at radius 2 is 1.42 bits per heavy atom. The Bertz CT molecular complexity index is 1630. The van der Waals surface area contributed by atoms with Crippen LogP contribution in [0.5, 0.6) is 0 Å². The molecule has 6 N–H and O–H groups in total. The van der Waals surface area contributed by atoms with Crippen LogP contribution in [0.2, 0.25) is 0 Å². The number of Topliss-reactive ketones (excluding diaryl/α,β-unsaturated/α-hetero) is 1. The molecule has 0 aliphatic carbocycles. The minimum atomic E-state index is -0.709. The summed E-state index contributed by atoms with van der Waals surface area (Å²) in [5.74, 6) is 0.643. The standard InChI is InChI=1S/C36H52N8O8/c1-19(2)29(43-35(47)49-7)28(45)16-37-22(6)32-39-15-27(42-32)34-51-17-25(18-52-34)23-9-11-24(12-10-23)26-14-38-31(41-26)21(5)13-40-33(46)30(20(3)4)44-36(48)50-8/h9-12,14-15,19-22,25,29-30,34,37H,13,16-18H2,1-8H3,(H,38,41)(H,39,42)(H,40,46)(H,43,47)(H,44,48)/t21-,22-,25?,29+,30+,34?/m1/s1. The first-order valence-corrected chi connectivity index (χ1v) is 17.5. The number of ketones is 1. The number of carbonyl (C=O) groups excluding carboxylic acids is 4. The van der Waals surface area contributed by atoms with E-state index in [1.54, 1.807) is 12.4 Å². The molecule has 1 fully saturated rings. The molecule has 0 unspecified atom stereocenters. The fourth-order valence-corrected chi connectivity index (χ4v) is 5.68. The first kappa shape index (κ1) is 40.0. The summed E-state index contributed by atoms with van der Waals surface area (Å²) in [7, 11) is 2.52. The van der Waals surface area contributed by atoms with Gasteiger partial charge in [-0.05, 0) is 29.9 Å². The number of rotatable bonds is 16. The molecule has 2 aromatic heterocycles. The molecular weight excluding hydrogens is 672 g/mol. The van der Waals surface area contributed by atoms with E-state index in [4.69, 9.17) is 9.47 Å². The smallest absolute Gasteiger partial charge is 0.407 e. The van der Waals surface area contributed by atoms with Crippen LogP contribution in [0.1, 0.15) is 88.6 Å². The number of aromatic amines is 2. The van der Waals surface area contributed by atoms with E-state index in [-0.39, 0.29) is 47.9 Å². The average Bonchev–Trinajstić information content (AvgIpc) is 3.85. The molecule has 3 aromatic rings. The Hall–Kier alpha value is -4.80. The van der Waals surface area contributed by atoms with Gasteiger partial charge in [0.15, 0.2) is 5.78 Å². The summed E-state index contributed by atoms with van der Waals surface area (Å²) in [5, 5.41) is 11.2. The number of alkyl carbamates (subject to hydrolysis) is 2. The number of benzene rings is 1. The van der Waals surface area contributed by atoms with Crippen molar-refractivity contribution in [2.45, 2.75) is 77.8 Å². The number of carbonyl (C=O) groups is 4. The summed E-state index contributed by atoms with van der Waals surface area (Å²) in [6.07, 6.45) is 1.54. The molecule has 16 nitrogen and oxygen atoms in total. The van der Waals surface area contributed by atoms with E-state index in [0.717, 1.165) is 22.6 Å². The third-order valence-corrected chi connectivity index (χ3v) is 8.98. The van der Waals surface area contributed by atoms with Crippen molar-refractivity contribution in [3.63, 3.8) is 0 Å². The van der Waals surface area contributed by atoms with E-state index in [0.29, 0.717) is 31.3 Å². The Morgan fingerprint density at radius 3 is 2.02 bits per heavy atom. The topological polar surface area (TPSA) is 211 Å². The highest BCUT2D eigenvalue weighted by atomic mass is 16.7. The predicted molar refractivity (Wildman–Crippen MR) is 191 cm³/mol. The molecule has 3 amide bonds. The van der Waals surface area contributed by atoms with Gasteiger partial charge in [-0.25, -0.2) is 19.6 Å². The van der Waals surface area contributed by atoms with Crippen molar-refractivity contribution in [2.75, 3.05) is 40.5 Å². The lowest BCUT2D eigenvalue weighted by atomic mass is 9.98. The molecule has 0 saturated carbocycles. The van der Waals surface area contributed by atoms with Crippen molar-refractivity contribution in [3.8, 4) is 11.3 Å². The molecule has 1 aromatic carbocycles. The highest BCUT2D eigenvalue weighted by molar-refractivity contribution is 5.89. The number of aromatic nitrogens is 4. The quantitative estimate of drug-likeness (QED) is 0.125. The maximum atomic E-state index is 12.8. The van der Waals surface area contributed by atoms with E-state index >= 15 is 0 Å². The van der Waals surface area contributed by atoms with Crippen LogP contribution in [-0.4, -0.2) is 96.4 Å². The second kappa shape index (κ2) is 18.6. The second-order valence-corrected chi connectivity index (χ2v) is 13.7. The van der Waals surface area contributed by atoms with E-state index in [1.807, 2.05) is 65.8 Å². The van der Waals surface area contributed by atoms with Gasteiger partial charge >= 0.3 is 12.2 Å². The molecule has 0 bridgehead atoms. The summed E-state index contributed by atoms with van der Waals surface area (Å²) in [6, 6.07) is 6.48. The molecule has 3 heterocycles. The zero-order valence-electron chi connectivity index (χ0n) is 31.1. The van der Waals surface area contributed by atoms with Gasteiger partial charge in [-0.2, -0.15) is 0 Å². The normalized spacial score (nSPS) is 18.3. The van der Waals surface area contributed by atoms with Crippen LogP contribution >= 0.6 is 0 Å². The highest BCUT2D eigenvalue weighted by Gasteiger charge is 2.29. The van der Waals surface area contributed by atoms with Crippen LogP contribution in [0.4, 0.5) is 9.59 Å². The summed E-state index contributed by atoms with van der Waals surface area (Å²) in [5.41, 5.74) is 3.57. The Morgan fingerprint density at radius 1 is 0.827 bits per heavy atom. The fourth-order valence-electron chi connectivity index (χ4n) is 5.68. The van der Waals surface area contributed by atoms with Crippen molar-refractivity contribution in [1.29, 1.82) is 0 Å². The first-order chi connectivity index (χ1) is 24.8. The van der Waals surface area contributed by atoms with Gasteiger partial charge in [0.2, 0.25) is 12.2 Å². The molecular formula is C36H52N8O8. The van der Waals surface area contributed by atoms with Crippen LogP contribution in [0.15, 0.2) is 36.7 Å². The number of H-pyrrole nitrogens is 2. The van der Waals surface area contributed by atoms with Gasteiger partial charge < -0.3 is 50.2 Å². The predicted octanol–water partition coefficient (Wildman–Crippen LogP) is 3.83. The summed E-state index contributed by atoms with van der Waals surface area (Å²) in [6.45, 7) is 12.5. The van der Waals surface area contributed by atoms with Gasteiger partial charge in [0.25, 0.3) is 0 Å². The van der Waals surface area contributed by atoms with Gasteiger partial charge in [-0.1, -0.05) is 58.9 Å². The molecule has 0 spiro atoms. The molecule has 4 rings (SSSR count). The third-order valence-electron chi connectivity index (χ3n) is 8.98. The zero-order valence-corrected chi connectivity index (χ0v) is 31.1. The summed E-state index contributed by atoms with van der Waals surface area (Å²) >= 11 is 0. The van der Waals surface area contributed by atoms with E-state index in [2.05, 4.69) is 50.7 Å². The molecule has 52 heavy (non-hydrogen) atoms. The minimum absolute atomic E-state index is 0.0381. The lowest BCUT2D eigenvalue weighted by Crippen LogP contribution is -2.50. The highest BCUT2D eigenvalue weighted by Crippen LogP contribution is 2.31. The largest absolute Gasteiger partial charge is 0.453 e. The fraction of sp³-hybridized carbons (Fsp3) is 0.556. The number of amides is 3. The van der Waals surface area contributed by atoms with Crippen LogP contribution in [0.25, 0.3) is 11.3 Å². The van der Waals surface area contributed by atoms with Crippen LogP contribution in [0.3, 0.4) is 0 Å². The van der Waals surface area contributed by atoms with Gasteiger partial charge in [0, 0.05) is 18.4 Å². The van der Waals surface area contributed by atoms with Gasteiger partial charge in [0.05, 0.1) is 69.8 Å². The zero-order chi connectivity index (χ0) is 37.9. The van der Waals surface area contributed by atoms with Crippen molar-refractivity contribution in [3.05, 3.63) is 59.6 Å². The third kappa shape index (κ3) is 10.6. The van der Waals surface area contributed by atoms with Crippen molar-refractivity contribution < 1.29 is 38.1 Å². The Balaban J connectivity index is 1.25. The monoisotopic (exact) mass is 724 g/mol. The Labute approximate surface area is 303 Å². The van der Waals surface area contributed by atoms with Gasteiger partial charge in [-0.15, -0.1) is 0 Å². The van der Waals surface area contributed by atoms with E-state index < -0.39 is 30.6 Å². The lowest BCUT2D eigenvalue weighted by molar-refractivity contribution is -0.193. The number of nitrogens with zero attached hydrogens (tertiary/aromatic N) is 2. The number of nitrogens with one attached hydrogen (secondary N) is 6. The molecule has 1 saturated heterocycles. The molecule has 16 heteroatoms. The lowest BCUT2D eigenvalue weighted by Gasteiger charge is -2.29. The number of ether oxygens (including phenoxy) is 4. The van der Waals surface area contributed by atoms with Crippen LogP contribution < -0.4 is 21.3 Å². The first-order valence-electron chi connectivity index (χ1n) is 17.5. The van der Waals surface area contributed by atoms with Gasteiger partial charge in [-0.3, -0.25) is 9.59 Å². The number of methoxy groups -OCH3 is 2. The molecule has 1 aliphatic heterocycles. The van der Waals surface area contributed by atoms with E-state index in [1.165, 1.54) is 14.2 Å². The molecule has 284 valence electrons. The van der Waals surface area contributed by atoms with Crippen molar-refractivity contribution >= 4 is 23.9 Å². The van der Waals surface area contributed by atoms with Crippen LogP contribution in [-0.2, 0) is 28.5 Å². The maximum absolute atomic E-state index is 12.8. The number of imidazole rings is 2. The Kier molecular flexibility index (Phi) is 14.3. The second-order valence-electron chi connectivity index (χ2n) is 13.7. The van der Waals surface area contributed by atoms with Gasteiger partial charge in [0.1, 0.15) is 17.7 Å².